The molecule has 1 saturated heterocycles. The van der Waals surface area contributed by atoms with E-state index in [0.717, 1.165) is 12.8 Å². The first-order valence-corrected chi connectivity index (χ1v) is 5.88. The van der Waals surface area contributed by atoms with Gasteiger partial charge in [-0.3, -0.25) is 4.79 Å². The van der Waals surface area contributed by atoms with Gasteiger partial charge in [0.2, 0.25) is 5.91 Å². The van der Waals surface area contributed by atoms with Crippen LogP contribution in [0.15, 0.2) is 0 Å². The Morgan fingerprint density at radius 1 is 1.69 bits per heavy atom. The van der Waals surface area contributed by atoms with Gasteiger partial charge in [0.1, 0.15) is 5.60 Å². The summed E-state index contributed by atoms with van der Waals surface area (Å²) >= 11 is 0. The van der Waals surface area contributed by atoms with Crippen LogP contribution in [-0.2, 0) is 9.53 Å². The van der Waals surface area contributed by atoms with E-state index >= 15 is 0 Å². The van der Waals surface area contributed by atoms with Crippen molar-refractivity contribution in [3.63, 3.8) is 0 Å². The van der Waals surface area contributed by atoms with E-state index in [0.29, 0.717) is 26.1 Å². The van der Waals surface area contributed by atoms with Crippen LogP contribution in [0.5, 0.6) is 0 Å². The van der Waals surface area contributed by atoms with Crippen molar-refractivity contribution in [1.82, 2.24) is 5.32 Å². The maximum Gasteiger partial charge on any atom is 0.221 e. The average Bonchev–Trinajstić information content (AvgIpc) is 2.63. The molecule has 0 bridgehead atoms. The molecule has 1 amide bonds. The largest absolute Gasteiger partial charge is 0.386 e. The molecule has 2 unspecified atom stereocenters. The standard InChI is InChI=1S/C11H22N2O3/c1-2-3-9(12)6-10(14)13-7-11(15)4-5-16-8-11/h9,15H,2-8,12H2,1H3,(H,13,14). The molecule has 0 spiro atoms. The van der Waals surface area contributed by atoms with Crippen molar-refractivity contribution >= 4 is 5.91 Å². The number of nitrogens with one attached hydrogen (secondary N) is 1. The zero-order chi connectivity index (χ0) is 12.0. The Bertz CT molecular complexity index is 227. The van der Waals surface area contributed by atoms with E-state index in [4.69, 9.17) is 10.5 Å². The first-order chi connectivity index (χ1) is 7.56. The maximum atomic E-state index is 11.5. The van der Waals surface area contributed by atoms with Gasteiger partial charge in [-0.15, -0.1) is 0 Å². The molecule has 16 heavy (non-hydrogen) atoms. The lowest BCUT2D eigenvalue weighted by atomic mass is 10.0. The van der Waals surface area contributed by atoms with Crippen molar-refractivity contribution in [2.24, 2.45) is 5.73 Å². The van der Waals surface area contributed by atoms with E-state index in [2.05, 4.69) is 5.32 Å². The Kier molecular flexibility index (Phi) is 5.18. The van der Waals surface area contributed by atoms with Crippen molar-refractivity contribution < 1.29 is 14.6 Å². The van der Waals surface area contributed by atoms with E-state index in [1.165, 1.54) is 0 Å². The predicted molar refractivity (Wildman–Crippen MR) is 60.9 cm³/mol. The Hall–Kier alpha value is -0.650. The Labute approximate surface area is 96.3 Å². The molecule has 0 saturated carbocycles. The Morgan fingerprint density at radius 3 is 3.00 bits per heavy atom. The minimum absolute atomic E-state index is 0.0838. The lowest BCUT2D eigenvalue weighted by Crippen LogP contribution is -2.44. The molecule has 1 heterocycles. The SMILES string of the molecule is CCCC(N)CC(=O)NCC1(O)CCOC1. The monoisotopic (exact) mass is 230 g/mol. The highest BCUT2D eigenvalue weighted by Crippen LogP contribution is 2.16. The average molecular weight is 230 g/mol. The van der Waals surface area contributed by atoms with Gasteiger partial charge >= 0.3 is 0 Å². The van der Waals surface area contributed by atoms with Gasteiger partial charge in [-0.25, -0.2) is 0 Å². The molecular weight excluding hydrogens is 208 g/mol. The van der Waals surface area contributed by atoms with Crippen LogP contribution >= 0.6 is 0 Å². The number of nitrogens with two attached hydrogens (primary N) is 1. The molecule has 4 N–H and O–H groups in total. The quantitative estimate of drug-likeness (QED) is 0.588. The topological polar surface area (TPSA) is 84.6 Å². The van der Waals surface area contributed by atoms with Gasteiger partial charge in [0.15, 0.2) is 0 Å². The molecule has 0 radical (unpaired) electrons. The number of rotatable bonds is 6. The number of carbonyl (C=O) groups is 1. The third-order valence-corrected chi connectivity index (χ3v) is 2.80. The van der Waals surface area contributed by atoms with Crippen molar-refractivity contribution in [2.45, 2.75) is 44.2 Å². The number of hydrogen-bond acceptors (Lipinski definition) is 4. The van der Waals surface area contributed by atoms with Crippen molar-refractivity contribution in [1.29, 1.82) is 0 Å². The van der Waals surface area contributed by atoms with Crippen molar-refractivity contribution in [3.05, 3.63) is 0 Å². The summed E-state index contributed by atoms with van der Waals surface area (Å²) in [4.78, 5) is 11.5. The fourth-order valence-corrected chi connectivity index (χ4v) is 1.78. The van der Waals surface area contributed by atoms with Crippen LogP contribution in [0.2, 0.25) is 0 Å². The fourth-order valence-electron chi connectivity index (χ4n) is 1.78. The van der Waals surface area contributed by atoms with Gasteiger partial charge in [0, 0.05) is 32.0 Å². The number of carbonyl (C=O) groups excluding carboxylic acids is 1. The van der Waals surface area contributed by atoms with Gasteiger partial charge < -0.3 is 20.9 Å². The highest BCUT2D eigenvalue weighted by atomic mass is 16.5. The van der Waals surface area contributed by atoms with Crippen molar-refractivity contribution in [2.75, 3.05) is 19.8 Å². The second-order valence-electron chi connectivity index (χ2n) is 4.56. The number of amides is 1. The summed E-state index contributed by atoms with van der Waals surface area (Å²) in [5.41, 5.74) is 4.87. The minimum Gasteiger partial charge on any atom is -0.386 e. The van der Waals surface area contributed by atoms with Gasteiger partial charge in [0.25, 0.3) is 0 Å². The smallest absolute Gasteiger partial charge is 0.221 e. The first-order valence-electron chi connectivity index (χ1n) is 5.88. The van der Waals surface area contributed by atoms with E-state index in [1.807, 2.05) is 6.92 Å². The molecule has 1 rings (SSSR count). The number of ether oxygens (including phenoxy) is 1. The second-order valence-corrected chi connectivity index (χ2v) is 4.56. The molecular formula is C11H22N2O3. The summed E-state index contributed by atoms with van der Waals surface area (Å²) < 4.78 is 5.09. The molecule has 5 nitrogen and oxygen atoms in total. The third-order valence-electron chi connectivity index (χ3n) is 2.80. The second kappa shape index (κ2) is 6.18. The van der Waals surface area contributed by atoms with Gasteiger partial charge in [-0.05, 0) is 6.42 Å². The zero-order valence-corrected chi connectivity index (χ0v) is 9.87. The van der Waals surface area contributed by atoms with E-state index in [-0.39, 0.29) is 18.5 Å². The maximum absolute atomic E-state index is 11.5. The summed E-state index contributed by atoms with van der Waals surface area (Å²) in [5.74, 6) is -0.0960. The molecule has 5 heteroatoms. The van der Waals surface area contributed by atoms with Crippen molar-refractivity contribution in [3.8, 4) is 0 Å². The summed E-state index contributed by atoms with van der Waals surface area (Å²) in [6, 6.07) is -0.0838. The molecule has 0 aromatic rings. The lowest BCUT2D eigenvalue weighted by molar-refractivity contribution is -0.122. The molecule has 1 aliphatic heterocycles. The minimum atomic E-state index is -0.884. The van der Waals surface area contributed by atoms with E-state index in [1.54, 1.807) is 0 Å². The summed E-state index contributed by atoms with van der Waals surface area (Å²) in [6.45, 7) is 3.15. The zero-order valence-electron chi connectivity index (χ0n) is 9.87. The molecule has 0 aromatic heterocycles. The lowest BCUT2D eigenvalue weighted by Gasteiger charge is -2.21. The van der Waals surface area contributed by atoms with Crippen LogP contribution in [-0.4, -0.2) is 42.4 Å². The van der Waals surface area contributed by atoms with Crippen LogP contribution < -0.4 is 11.1 Å². The normalized spacial score (nSPS) is 26.7. The molecule has 94 valence electrons. The Balaban J connectivity index is 2.19. The summed E-state index contributed by atoms with van der Waals surface area (Å²) in [7, 11) is 0. The number of hydrogen-bond donors (Lipinski definition) is 3. The van der Waals surface area contributed by atoms with Crippen LogP contribution in [0.25, 0.3) is 0 Å². The highest BCUT2D eigenvalue weighted by Gasteiger charge is 2.32. The molecule has 2 atom stereocenters. The van der Waals surface area contributed by atoms with Crippen LogP contribution in [0, 0.1) is 0 Å². The summed E-state index contributed by atoms with van der Waals surface area (Å²) in [6.07, 6.45) is 2.73. The highest BCUT2D eigenvalue weighted by molar-refractivity contribution is 5.76. The molecule has 1 fully saturated rings. The van der Waals surface area contributed by atoms with Gasteiger partial charge in [-0.2, -0.15) is 0 Å². The van der Waals surface area contributed by atoms with Crippen LogP contribution in [0.1, 0.15) is 32.6 Å². The summed E-state index contributed by atoms with van der Waals surface area (Å²) in [5, 5.41) is 12.6. The van der Waals surface area contributed by atoms with E-state index < -0.39 is 5.60 Å². The van der Waals surface area contributed by atoms with E-state index in [9.17, 15) is 9.90 Å². The van der Waals surface area contributed by atoms with Gasteiger partial charge in [0.05, 0.1) is 6.61 Å². The molecule has 1 aliphatic rings. The Morgan fingerprint density at radius 2 is 2.44 bits per heavy atom. The van der Waals surface area contributed by atoms with Crippen LogP contribution in [0.4, 0.5) is 0 Å². The number of aliphatic hydroxyl groups is 1. The van der Waals surface area contributed by atoms with Crippen LogP contribution in [0.3, 0.4) is 0 Å². The first kappa shape index (κ1) is 13.4. The fraction of sp³-hybridized carbons (Fsp3) is 0.909. The molecule has 0 aromatic carbocycles. The third kappa shape index (κ3) is 4.47. The molecule has 0 aliphatic carbocycles. The predicted octanol–water partition coefficient (Wildman–Crippen LogP) is -0.228. The van der Waals surface area contributed by atoms with Gasteiger partial charge in [-0.1, -0.05) is 13.3 Å².